The third kappa shape index (κ3) is 4.12. The number of esters is 1. The average molecular weight is 304 g/mol. The van der Waals surface area contributed by atoms with E-state index in [9.17, 15) is 4.79 Å². The van der Waals surface area contributed by atoms with Crippen LogP contribution in [0, 0.1) is 5.92 Å². The van der Waals surface area contributed by atoms with Gasteiger partial charge in [0.05, 0.1) is 12.8 Å². The van der Waals surface area contributed by atoms with Crippen LogP contribution < -0.4 is 5.32 Å². The molecule has 1 heterocycles. The Hall–Kier alpha value is -1.72. The first-order valence-corrected chi connectivity index (χ1v) is 7.81. The van der Waals surface area contributed by atoms with E-state index >= 15 is 0 Å². The van der Waals surface area contributed by atoms with Gasteiger partial charge in [0.2, 0.25) is 0 Å². The van der Waals surface area contributed by atoms with Gasteiger partial charge in [-0.15, -0.1) is 11.3 Å². The second kappa shape index (κ2) is 7.33. The highest BCUT2D eigenvalue weighted by atomic mass is 32.1. The fourth-order valence-electron chi connectivity index (χ4n) is 2.05. The topological polar surface area (TPSA) is 51.2 Å². The van der Waals surface area contributed by atoms with Crippen molar-refractivity contribution in [1.29, 1.82) is 0 Å². The van der Waals surface area contributed by atoms with Gasteiger partial charge in [0, 0.05) is 17.5 Å². The number of rotatable bonds is 6. The number of hydrogen-bond donors (Lipinski definition) is 1. The van der Waals surface area contributed by atoms with Gasteiger partial charge in [0.1, 0.15) is 11.0 Å². The van der Waals surface area contributed by atoms with Gasteiger partial charge in [-0.1, -0.05) is 44.2 Å². The number of nitrogens with one attached hydrogen (secondary N) is 1. The molecule has 0 radical (unpaired) electrons. The van der Waals surface area contributed by atoms with Crippen LogP contribution in [0.25, 0.3) is 11.3 Å². The monoisotopic (exact) mass is 304 g/mol. The molecule has 0 fully saturated rings. The van der Waals surface area contributed by atoms with Crippen LogP contribution in [-0.4, -0.2) is 24.1 Å². The van der Waals surface area contributed by atoms with Crippen LogP contribution in [0.2, 0.25) is 0 Å². The van der Waals surface area contributed by atoms with E-state index in [1.165, 1.54) is 7.11 Å². The summed E-state index contributed by atoms with van der Waals surface area (Å²) in [5.74, 6) is -0.0594. The fourth-order valence-corrected chi connectivity index (χ4v) is 2.80. The number of methoxy groups -OCH3 is 1. The van der Waals surface area contributed by atoms with Gasteiger partial charge >= 0.3 is 5.97 Å². The smallest absolute Gasteiger partial charge is 0.323 e. The Morgan fingerprint density at radius 1 is 1.33 bits per heavy atom. The zero-order chi connectivity index (χ0) is 15.2. The summed E-state index contributed by atoms with van der Waals surface area (Å²) in [6, 6.07) is 9.76. The van der Waals surface area contributed by atoms with Crippen molar-refractivity contribution in [2.24, 2.45) is 5.92 Å². The molecule has 0 unspecified atom stereocenters. The fraction of sp³-hybridized carbons (Fsp3) is 0.375. The number of aromatic nitrogens is 1. The molecule has 2 aromatic rings. The van der Waals surface area contributed by atoms with Crippen molar-refractivity contribution in [3.8, 4) is 11.3 Å². The van der Waals surface area contributed by atoms with Crippen LogP contribution in [0.4, 0.5) is 0 Å². The number of nitrogens with zero attached hydrogens (tertiary/aromatic N) is 1. The Labute approximate surface area is 129 Å². The molecule has 0 bridgehead atoms. The number of ether oxygens (including phenoxy) is 1. The van der Waals surface area contributed by atoms with Crippen LogP contribution in [-0.2, 0) is 16.1 Å². The predicted octanol–water partition coefficient (Wildman–Crippen LogP) is 3.10. The molecule has 0 saturated carbocycles. The molecule has 0 amide bonds. The zero-order valence-corrected chi connectivity index (χ0v) is 13.3. The first-order chi connectivity index (χ1) is 10.1. The van der Waals surface area contributed by atoms with Gasteiger partial charge in [-0.2, -0.15) is 0 Å². The molecule has 1 atom stereocenters. The summed E-state index contributed by atoms with van der Waals surface area (Å²) < 4.78 is 4.82. The number of thiazole rings is 1. The minimum absolute atomic E-state index is 0.172. The second-order valence-electron chi connectivity index (χ2n) is 5.12. The van der Waals surface area contributed by atoms with E-state index in [4.69, 9.17) is 4.74 Å². The van der Waals surface area contributed by atoms with Gasteiger partial charge in [0.15, 0.2) is 0 Å². The number of carbonyl (C=O) groups excluding carboxylic acids is 1. The van der Waals surface area contributed by atoms with E-state index < -0.39 is 0 Å². The highest BCUT2D eigenvalue weighted by molar-refractivity contribution is 7.09. The molecule has 1 aromatic carbocycles. The molecule has 0 saturated heterocycles. The van der Waals surface area contributed by atoms with Crippen LogP contribution in [0.1, 0.15) is 18.9 Å². The molecular formula is C16H20N2O2S. The van der Waals surface area contributed by atoms with Gasteiger partial charge in [-0.05, 0) is 5.92 Å². The summed E-state index contributed by atoms with van der Waals surface area (Å²) in [6.07, 6.45) is 0. The Morgan fingerprint density at radius 2 is 2.05 bits per heavy atom. The largest absolute Gasteiger partial charge is 0.468 e. The molecule has 0 aliphatic heterocycles. The maximum Gasteiger partial charge on any atom is 0.323 e. The van der Waals surface area contributed by atoms with Crippen molar-refractivity contribution in [3.63, 3.8) is 0 Å². The molecule has 1 N–H and O–H groups in total. The van der Waals surface area contributed by atoms with Crippen molar-refractivity contribution in [1.82, 2.24) is 10.3 Å². The molecule has 0 aliphatic rings. The van der Waals surface area contributed by atoms with E-state index in [1.807, 2.05) is 49.6 Å². The van der Waals surface area contributed by atoms with Crippen molar-refractivity contribution >= 4 is 17.3 Å². The standard InChI is InChI=1S/C16H20N2O2S/c1-11(2)15(16(19)20-3)17-9-14-18-13(10-21-14)12-7-5-4-6-8-12/h4-8,10-11,15,17H,9H2,1-3H3/t15-/m0/s1. The lowest BCUT2D eigenvalue weighted by atomic mass is 10.1. The van der Waals surface area contributed by atoms with E-state index in [1.54, 1.807) is 11.3 Å². The van der Waals surface area contributed by atoms with Crippen LogP contribution in [0.5, 0.6) is 0 Å². The first-order valence-electron chi connectivity index (χ1n) is 6.93. The predicted molar refractivity (Wildman–Crippen MR) is 85.0 cm³/mol. The number of hydrogen-bond acceptors (Lipinski definition) is 5. The third-order valence-corrected chi connectivity index (χ3v) is 4.07. The summed E-state index contributed by atoms with van der Waals surface area (Å²) in [7, 11) is 1.41. The summed E-state index contributed by atoms with van der Waals surface area (Å²) in [5, 5.41) is 6.22. The van der Waals surface area contributed by atoms with Gasteiger partial charge < -0.3 is 4.74 Å². The lowest BCUT2D eigenvalue weighted by Gasteiger charge is -2.19. The van der Waals surface area contributed by atoms with E-state index in [0.717, 1.165) is 16.3 Å². The molecule has 2 rings (SSSR count). The summed E-state index contributed by atoms with van der Waals surface area (Å²) in [4.78, 5) is 16.3. The maximum atomic E-state index is 11.7. The summed E-state index contributed by atoms with van der Waals surface area (Å²) >= 11 is 1.59. The lowest BCUT2D eigenvalue weighted by Crippen LogP contribution is -2.41. The van der Waals surface area contributed by atoms with Crippen molar-refractivity contribution < 1.29 is 9.53 Å². The third-order valence-electron chi connectivity index (χ3n) is 3.22. The first kappa shape index (κ1) is 15.7. The quantitative estimate of drug-likeness (QED) is 0.833. The highest BCUT2D eigenvalue weighted by Gasteiger charge is 2.22. The van der Waals surface area contributed by atoms with Crippen LogP contribution >= 0.6 is 11.3 Å². The molecule has 1 aromatic heterocycles. The molecule has 21 heavy (non-hydrogen) atoms. The Bertz CT molecular complexity index is 581. The molecule has 0 aliphatic carbocycles. The molecular weight excluding hydrogens is 284 g/mol. The highest BCUT2D eigenvalue weighted by Crippen LogP contribution is 2.21. The SMILES string of the molecule is COC(=O)[C@@H](NCc1nc(-c2ccccc2)cs1)C(C)C. The second-order valence-corrected chi connectivity index (χ2v) is 6.06. The van der Waals surface area contributed by atoms with Crippen LogP contribution in [0.15, 0.2) is 35.7 Å². The van der Waals surface area contributed by atoms with Gasteiger partial charge in [-0.3, -0.25) is 10.1 Å². The van der Waals surface area contributed by atoms with E-state index in [0.29, 0.717) is 6.54 Å². The minimum Gasteiger partial charge on any atom is -0.468 e. The number of carbonyl (C=O) groups is 1. The maximum absolute atomic E-state index is 11.7. The minimum atomic E-state index is -0.306. The van der Waals surface area contributed by atoms with Crippen molar-refractivity contribution in [2.75, 3.05) is 7.11 Å². The van der Waals surface area contributed by atoms with Crippen molar-refractivity contribution in [3.05, 3.63) is 40.7 Å². The normalized spacial score (nSPS) is 12.4. The Kier molecular flexibility index (Phi) is 5.47. The Morgan fingerprint density at radius 3 is 2.67 bits per heavy atom. The van der Waals surface area contributed by atoms with E-state index in [-0.39, 0.29) is 17.9 Å². The molecule has 0 spiro atoms. The Balaban J connectivity index is 2.01. The summed E-state index contributed by atoms with van der Waals surface area (Å²) in [5.41, 5.74) is 2.07. The lowest BCUT2D eigenvalue weighted by molar-refractivity contribution is -0.144. The van der Waals surface area contributed by atoms with E-state index in [2.05, 4.69) is 10.3 Å². The molecule has 5 heteroatoms. The molecule has 112 valence electrons. The zero-order valence-electron chi connectivity index (χ0n) is 12.5. The molecule has 4 nitrogen and oxygen atoms in total. The van der Waals surface area contributed by atoms with Gasteiger partial charge in [0.25, 0.3) is 0 Å². The summed E-state index contributed by atoms with van der Waals surface area (Å²) in [6.45, 7) is 4.55. The average Bonchev–Trinajstić information content (AvgIpc) is 2.96. The van der Waals surface area contributed by atoms with Gasteiger partial charge in [-0.25, -0.2) is 4.98 Å². The number of benzene rings is 1. The van der Waals surface area contributed by atoms with Crippen LogP contribution in [0.3, 0.4) is 0 Å². The van der Waals surface area contributed by atoms with Crippen molar-refractivity contribution in [2.45, 2.75) is 26.4 Å².